The van der Waals surface area contributed by atoms with E-state index in [0.717, 1.165) is 48.5 Å². The lowest BCUT2D eigenvalue weighted by molar-refractivity contribution is 0.0539. The molecule has 2 heterocycles. The minimum Gasteiger partial charge on any atom is -0.508 e. The summed E-state index contributed by atoms with van der Waals surface area (Å²) in [5, 5.41) is 9.98. The van der Waals surface area contributed by atoms with Gasteiger partial charge in [0.25, 0.3) is 0 Å². The first-order valence-corrected chi connectivity index (χ1v) is 11.5. The van der Waals surface area contributed by atoms with Crippen molar-refractivity contribution in [3.63, 3.8) is 0 Å². The summed E-state index contributed by atoms with van der Waals surface area (Å²) in [6.45, 7) is 9.15. The SMILES string of the molecule is CC(C)(F)CN1CCc2cc(O)ccc2[C@]1(C)c1ccc(OCCN2CC(CF)C2)cc1. The number of phenols is 1. The lowest BCUT2D eigenvalue weighted by Crippen LogP contribution is -2.53. The highest BCUT2D eigenvalue weighted by molar-refractivity contribution is 5.48. The molecular formula is C26H34F2N2O2. The van der Waals surface area contributed by atoms with Crippen molar-refractivity contribution in [3.05, 3.63) is 59.2 Å². The van der Waals surface area contributed by atoms with Gasteiger partial charge in [0, 0.05) is 38.6 Å². The monoisotopic (exact) mass is 444 g/mol. The Hall–Kier alpha value is -2.18. The van der Waals surface area contributed by atoms with E-state index in [1.807, 2.05) is 24.3 Å². The number of aromatic hydroxyl groups is 1. The summed E-state index contributed by atoms with van der Waals surface area (Å²) in [6, 6.07) is 13.5. The highest BCUT2D eigenvalue weighted by Crippen LogP contribution is 2.43. The third-order valence-electron chi connectivity index (χ3n) is 6.81. The van der Waals surface area contributed by atoms with Crippen LogP contribution < -0.4 is 4.74 Å². The van der Waals surface area contributed by atoms with Crippen molar-refractivity contribution in [1.29, 1.82) is 0 Å². The molecule has 0 aliphatic carbocycles. The van der Waals surface area contributed by atoms with Crippen molar-refractivity contribution in [2.24, 2.45) is 5.92 Å². The van der Waals surface area contributed by atoms with E-state index in [1.165, 1.54) is 0 Å². The standard InChI is InChI=1S/C26H34F2N2O2/c1-25(2,28)18-30-11-10-20-14-22(31)6-9-24(20)26(30,3)21-4-7-23(8-5-21)32-13-12-29-16-19(15-27)17-29/h4-9,14,19,31H,10-13,15-18H2,1-3H3/t26-/m0/s1. The highest BCUT2D eigenvalue weighted by atomic mass is 19.1. The van der Waals surface area contributed by atoms with E-state index < -0.39 is 11.2 Å². The van der Waals surface area contributed by atoms with Gasteiger partial charge in [-0.3, -0.25) is 14.2 Å². The zero-order valence-corrected chi connectivity index (χ0v) is 19.3. The molecule has 1 N–H and O–H groups in total. The Morgan fingerprint density at radius 3 is 2.53 bits per heavy atom. The van der Waals surface area contributed by atoms with Crippen LogP contribution in [-0.4, -0.2) is 66.6 Å². The summed E-state index contributed by atoms with van der Waals surface area (Å²) in [6.07, 6.45) is 0.774. The molecule has 0 unspecified atom stereocenters. The van der Waals surface area contributed by atoms with Crippen LogP contribution in [0.2, 0.25) is 0 Å². The zero-order valence-electron chi connectivity index (χ0n) is 19.3. The Bertz CT molecular complexity index is 922. The smallest absolute Gasteiger partial charge is 0.119 e. The summed E-state index contributed by atoms with van der Waals surface area (Å²) >= 11 is 0. The average Bonchev–Trinajstić information content (AvgIpc) is 2.71. The van der Waals surface area contributed by atoms with Crippen LogP contribution >= 0.6 is 0 Å². The van der Waals surface area contributed by atoms with Gasteiger partial charge in [-0.05, 0) is 68.1 Å². The fourth-order valence-corrected chi connectivity index (χ4v) is 5.07. The van der Waals surface area contributed by atoms with E-state index in [2.05, 4.69) is 28.9 Å². The first-order chi connectivity index (χ1) is 15.2. The van der Waals surface area contributed by atoms with Crippen LogP contribution in [-0.2, 0) is 12.0 Å². The zero-order chi connectivity index (χ0) is 22.9. The van der Waals surface area contributed by atoms with Gasteiger partial charge in [-0.2, -0.15) is 0 Å². The quantitative estimate of drug-likeness (QED) is 0.649. The van der Waals surface area contributed by atoms with Crippen molar-refractivity contribution in [2.45, 2.75) is 38.4 Å². The molecule has 1 fully saturated rings. The first kappa shape index (κ1) is 23.0. The second-order valence-corrected chi connectivity index (χ2v) is 9.96. The minimum absolute atomic E-state index is 0.188. The molecule has 0 radical (unpaired) electrons. The van der Waals surface area contributed by atoms with Crippen LogP contribution in [0.3, 0.4) is 0 Å². The van der Waals surface area contributed by atoms with E-state index in [9.17, 15) is 13.9 Å². The van der Waals surface area contributed by atoms with Crippen molar-refractivity contribution >= 4 is 0 Å². The van der Waals surface area contributed by atoms with Crippen LogP contribution in [0.5, 0.6) is 11.5 Å². The molecule has 4 rings (SSSR count). The summed E-state index contributed by atoms with van der Waals surface area (Å²) in [5.74, 6) is 1.24. The lowest BCUT2D eigenvalue weighted by atomic mass is 9.76. The number of benzene rings is 2. The van der Waals surface area contributed by atoms with Gasteiger partial charge in [0.2, 0.25) is 0 Å². The molecule has 0 spiro atoms. The molecule has 0 amide bonds. The first-order valence-electron chi connectivity index (χ1n) is 11.5. The molecule has 32 heavy (non-hydrogen) atoms. The molecular weight excluding hydrogens is 410 g/mol. The Labute approximate surface area is 189 Å². The minimum atomic E-state index is -1.32. The fourth-order valence-electron chi connectivity index (χ4n) is 5.07. The van der Waals surface area contributed by atoms with Gasteiger partial charge in [0.15, 0.2) is 0 Å². The van der Waals surface area contributed by atoms with Gasteiger partial charge >= 0.3 is 0 Å². The van der Waals surface area contributed by atoms with E-state index in [1.54, 1.807) is 19.9 Å². The Morgan fingerprint density at radius 2 is 1.88 bits per heavy atom. The van der Waals surface area contributed by atoms with Crippen molar-refractivity contribution in [1.82, 2.24) is 9.80 Å². The highest BCUT2D eigenvalue weighted by Gasteiger charge is 2.42. The van der Waals surface area contributed by atoms with Crippen molar-refractivity contribution < 1.29 is 18.6 Å². The van der Waals surface area contributed by atoms with Crippen molar-refractivity contribution in [3.8, 4) is 11.5 Å². The molecule has 1 atom stereocenters. The lowest BCUT2D eigenvalue weighted by Gasteiger charge is -2.48. The average molecular weight is 445 g/mol. The van der Waals surface area contributed by atoms with Gasteiger partial charge in [-0.15, -0.1) is 0 Å². The second kappa shape index (κ2) is 8.99. The Balaban J connectivity index is 1.52. The van der Waals surface area contributed by atoms with Gasteiger partial charge in [0.1, 0.15) is 23.8 Å². The molecule has 2 aliphatic rings. The topological polar surface area (TPSA) is 35.9 Å². The number of ether oxygens (including phenoxy) is 1. The van der Waals surface area contributed by atoms with E-state index in [0.29, 0.717) is 19.7 Å². The molecule has 0 bridgehead atoms. The van der Waals surface area contributed by atoms with Crippen LogP contribution in [0.4, 0.5) is 8.78 Å². The number of fused-ring (bicyclic) bond motifs is 1. The van der Waals surface area contributed by atoms with Gasteiger partial charge in [-0.25, -0.2) is 4.39 Å². The van der Waals surface area contributed by atoms with Crippen LogP contribution in [0, 0.1) is 5.92 Å². The Kier molecular flexibility index (Phi) is 6.46. The number of likely N-dealkylation sites (tertiary alicyclic amines) is 1. The predicted molar refractivity (Wildman–Crippen MR) is 123 cm³/mol. The van der Waals surface area contributed by atoms with Crippen LogP contribution in [0.15, 0.2) is 42.5 Å². The number of halogens is 2. The molecule has 2 aromatic rings. The second-order valence-electron chi connectivity index (χ2n) is 9.96. The van der Waals surface area contributed by atoms with Gasteiger partial charge in [-0.1, -0.05) is 18.2 Å². The molecule has 0 saturated carbocycles. The van der Waals surface area contributed by atoms with E-state index in [4.69, 9.17) is 4.74 Å². The largest absolute Gasteiger partial charge is 0.508 e. The molecule has 0 aromatic heterocycles. The molecule has 6 heteroatoms. The van der Waals surface area contributed by atoms with Crippen LogP contribution in [0.25, 0.3) is 0 Å². The number of alkyl halides is 2. The Morgan fingerprint density at radius 1 is 1.16 bits per heavy atom. The third-order valence-corrected chi connectivity index (χ3v) is 6.81. The number of rotatable bonds is 8. The normalized spacial score (nSPS) is 22.4. The van der Waals surface area contributed by atoms with Crippen molar-refractivity contribution in [2.75, 3.05) is 46.0 Å². The fraction of sp³-hybridized carbons (Fsp3) is 0.538. The van der Waals surface area contributed by atoms with Gasteiger partial charge in [0.05, 0.1) is 12.2 Å². The number of hydrogen-bond donors (Lipinski definition) is 1. The summed E-state index contributed by atoms with van der Waals surface area (Å²) in [4.78, 5) is 4.40. The van der Waals surface area contributed by atoms with E-state index >= 15 is 0 Å². The molecule has 174 valence electrons. The number of nitrogens with zero attached hydrogens (tertiary/aromatic N) is 2. The number of hydrogen-bond acceptors (Lipinski definition) is 4. The number of phenolic OH excluding ortho intramolecular Hbond substituents is 1. The summed E-state index contributed by atoms with van der Waals surface area (Å²) < 4.78 is 33.2. The maximum atomic E-state index is 14.7. The van der Waals surface area contributed by atoms with Crippen LogP contribution in [0.1, 0.15) is 37.5 Å². The maximum Gasteiger partial charge on any atom is 0.119 e. The molecule has 2 aliphatic heterocycles. The van der Waals surface area contributed by atoms with Gasteiger partial charge < -0.3 is 9.84 Å². The molecule has 1 saturated heterocycles. The predicted octanol–water partition coefficient (Wildman–Crippen LogP) is 4.54. The molecule has 2 aromatic carbocycles. The molecule has 4 nitrogen and oxygen atoms in total. The summed E-state index contributed by atoms with van der Waals surface area (Å²) in [5.41, 5.74) is 1.43. The van der Waals surface area contributed by atoms with E-state index in [-0.39, 0.29) is 18.3 Å². The summed E-state index contributed by atoms with van der Waals surface area (Å²) in [7, 11) is 0. The third kappa shape index (κ3) is 4.76. The maximum absolute atomic E-state index is 14.7.